The molecule has 5 heteroatoms. The van der Waals surface area contributed by atoms with Gasteiger partial charge in [0.15, 0.2) is 11.3 Å². The molecule has 64 valence electrons. The number of imidazole rings is 1. The third kappa shape index (κ3) is 1.12. The molecule has 0 unspecified atom stereocenters. The first-order valence-corrected chi connectivity index (χ1v) is 3.64. The predicted octanol–water partition coefficient (Wildman–Crippen LogP) is 1.07. The zero-order valence-corrected chi connectivity index (χ0v) is 6.61. The molecule has 13 heavy (non-hydrogen) atoms. The molecule has 0 bridgehead atoms. The Morgan fingerprint density at radius 2 is 2.46 bits per heavy atom. The van der Waals surface area contributed by atoms with Gasteiger partial charge in [-0.25, -0.2) is 14.4 Å². The van der Waals surface area contributed by atoms with Gasteiger partial charge in [-0.15, -0.1) is 0 Å². The fourth-order valence-corrected chi connectivity index (χ4v) is 1.07. The Hall–Kier alpha value is -1.96. The number of fused-ring (bicyclic) bond motifs is 1. The largest absolute Gasteiger partial charge is 0.290 e. The second kappa shape index (κ2) is 2.83. The van der Waals surface area contributed by atoms with Crippen LogP contribution in [-0.2, 0) is 6.67 Å². The molecule has 0 radical (unpaired) electrons. The lowest BCUT2D eigenvalue weighted by molar-refractivity contribution is 0.476. The summed E-state index contributed by atoms with van der Waals surface area (Å²) < 4.78 is 13.8. The number of halogens is 1. The van der Waals surface area contributed by atoms with Gasteiger partial charge < -0.3 is 0 Å². The molecule has 0 spiro atoms. The lowest BCUT2D eigenvalue weighted by atomic mass is 10.4. The minimum absolute atomic E-state index is 0.218. The fraction of sp³-hybridized carbons (Fsp3) is 0.125. The Balaban J connectivity index is 2.73. The highest BCUT2D eigenvalue weighted by Crippen LogP contribution is 2.07. The Labute approximate surface area is 73.3 Å². The summed E-state index contributed by atoms with van der Waals surface area (Å²) in [6, 6.07) is 3.44. The average molecular weight is 176 g/mol. The Bertz CT molecular complexity index is 482. The standard InChI is InChI=1S/C8H5FN4/c9-3-6-1-2-13-5-11-7(4-10)8(13)12-6/h1-2,5H,3H2. The summed E-state index contributed by atoms with van der Waals surface area (Å²) in [7, 11) is 0. The maximum Gasteiger partial charge on any atom is 0.185 e. The topological polar surface area (TPSA) is 54.0 Å². The van der Waals surface area contributed by atoms with Gasteiger partial charge in [0.2, 0.25) is 0 Å². The van der Waals surface area contributed by atoms with Gasteiger partial charge in [-0.1, -0.05) is 0 Å². The molecule has 0 N–H and O–H groups in total. The maximum absolute atomic E-state index is 12.2. The van der Waals surface area contributed by atoms with E-state index < -0.39 is 6.67 Å². The van der Waals surface area contributed by atoms with Crippen molar-refractivity contribution in [3.63, 3.8) is 0 Å². The van der Waals surface area contributed by atoms with Crippen molar-refractivity contribution in [3.05, 3.63) is 30.0 Å². The normalized spacial score (nSPS) is 10.2. The third-order valence-corrected chi connectivity index (χ3v) is 1.69. The molecule has 0 aliphatic rings. The van der Waals surface area contributed by atoms with Crippen LogP contribution in [0.4, 0.5) is 4.39 Å². The highest BCUT2D eigenvalue weighted by molar-refractivity contribution is 5.51. The number of hydrogen-bond donors (Lipinski definition) is 0. The van der Waals surface area contributed by atoms with Crippen LogP contribution in [0.1, 0.15) is 11.4 Å². The summed E-state index contributed by atoms with van der Waals surface area (Å²) in [4.78, 5) is 7.73. The van der Waals surface area contributed by atoms with Crippen LogP contribution in [0, 0.1) is 11.3 Å². The van der Waals surface area contributed by atoms with Crippen LogP contribution in [0.2, 0.25) is 0 Å². The summed E-state index contributed by atoms with van der Waals surface area (Å²) in [6.45, 7) is -0.632. The van der Waals surface area contributed by atoms with Gasteiger partial charge in [0.05, 0.1) is 5.69 Å². The van der Waals surface area contributed by atoms with E-state index in [4.69, 9.17) is 5.26 Å². The van der Waals surface area contributed by atoms with Gasteiger partial charge in [0, 0.05) is 6.20 Å². The summed E-state index contributed by atoms with van der Waals surface area (Å²) in [5.74, 6) is 0. The van der Waals surface area contributed by atoms with Gasteiger partial charge in [0.25, 0.3) is 0 Å². The van der Waals surface area contributed by atoms with Gasteiger partial charge in [-0.05, 0) is 6.07 Å². The SMILES string of the molecule is N#Cc1ncn2ccc(CF)nc12. The van der Waals surface area contributed by atoms with E-state index in [2.05, 4.69) is 9.97 Å². The number of rotatable bonds is 1. The molecule has 0 aromatic carbocycles. The van der Waals surface area contributed by atoms with Gasteiger partial charge >= 0.3 is 0 Å². The minimum Gasteiger partial charge on any atom is -0.290 e. The van der Waals surface area contributed by atoms with E-state index in [9.17, 15) is 4.39 Å². The summed E-state index contributed by atoms with van der Waals surface area (Å²) in [5, 5.41) is 8.63. The van der Waals surface area contributed by atoms with Crippen molar-refractivity contribution in [2.45, 2.75) is 6.67 Å². The highest BCUT2D eigenvalue weighted by atomic mass is 19.1. The zero-order chi connectivity index (χ0) is 9.26. The molecule has 0 saturated carbocycles. The van der Waals surface area contributed by atoms with Crippen molar-refractivity contribution in [1.29, 1.82) is 5.26 Å². The lowest BCUT2D eigenvalue weighted by Crippen LogP contribution is -1.92. The van der Waals surface area contributed by atoms with E-state index in [1.807, 2.05) is 6.07 Å². The van der Waals surface area contributed by atoms with E-state index >= 15 is 0 Å². The fourth-order valence-electron chi connectivity index (χ4n) is 1.07. The number of nitrogens with zero attached hydrogens (tertiary/aromatic N) is 4. The molecule has 2 aromatic rings. The third-order valence-electron chi connectivity index (χ3n) is 1.69. The van der Waals surface area contributed by atoms with Crippen molar-refractivity contribution >= 4 is 5.65 Å². The molecule has 0 fully saturated rings. The molecule has 0 atom stereocenters. The molecule has 0 aliphatic heterocycles. The van der Waals surface area contributed by atoms with E-state index in [0.717, 1.165) is 0 Å². The zero-order valence-electron chi connectivity index (χ0n) is 6.61. The number of alkyl halides is 1. The van der Waals surface area contributed by atoms with Gasteiger partial charge in [-0.3, -0.25) is 4.40 Å². The highest BCUT2D eigenvalue weighted by Gasteiger charge is 2.04. The van der Waals surface area contributed by atoms with E-state index in [1.54, 1.807) is 16.7 Å². The second-order valence-electron chi connectivity index (χ2n) is 2.49. The van der Waals surface area contributed by atoms with Crippen molar-refractivity contribution in [3.8, 4) is 6.07 Å². The van der Waals surface area contributed by atoms with Crippen molar-refractivity contribution in [2.75, 3.05) is 0 Å². The Morgan fingerprint density at radius 1 is 1.62 bits per heavy atom. The first-order chi connectivity index (χ1) is 6.35. The van der Waals surface area contributed by atoms with Crippen LogP contribution in [0.3, 0.4) is 0 Å². The maximum atomic E-state index is 12.2. The summed E-state index contributed by atoms with van der Waals surface area (Å²) >= 11 is 0. The molecule has 2 aromatic heterocycles. The van der Waals surface area contributed by atoms with Crippen LogP contribution in [0.15, 0.2) is 18.6 Å². The second-order valence-corrected chi connectivity index (χ2v) is 2.49. The monoisotopic (exact) mass is 176 g/mol. The molecule has 2 rings (SSSR count). The van der Waals surface area contributed by atoms with Crippen LogP contribution >= 0.6 is 0 Å². The smallest absolute Gasteiger partial charge is 0.185 e. The molecule has 0 aliphatic carbocycles. The van der Waals surface area contributed by atoms with Crippen LogP contribution in [0.25, 0.3) is 5.65 Å². The first kappa shape index (κ1) is 7.68. The van der Waals surface area contributed by atoms with Crippen molar-refractivity contribution in [2.24, 2.45) is 0 Å². The number of hydrogen-bond acceptors (Lipinski definition) is 3. The molecular formula is C8H5FN4. The molecular weight excluding hydrogens is 171 g/mol. The Kier molecular flexibility index (Phi) is 1.67. The quantitative estimate of drug-likeness (QED) is 0.653. The average Bonchev–Trinajstić information content (AvgIpc) is 2.59. The van der Waals surface area contributed by atoms with Crippen LogP contribution in [-0.4, -0.2) is 14.4 Å². The molecule has 2 heterocycles. The lowest BCUT2D eigenvalue weighted by Gasteiger charge is -1.94. The molecule has 0 saturated heterocycles. The summed E-state index contributed by atoms with van der Waals surface area (Å²) in [5.41, 5.74) is 0.928. The molecule has 4 nitrogen and oxygen atoms in total. The van der Waals surface area contributed by atoms with Crippen molar-refractivity contribution in [1.82, 2.24) is 14.4 Å². The number of aromatic nitrogens is 3. The number of nitriles is 1. The predicted molar refractivity (Wildman–Crippen MR) is 42.5 cm³/mol. The van der Waals surface area contributed by atoms with E-state index in [1.165, 1.54) is 6.33 Å². The Morgan fingerprint density at radius 3 is 3.15 bits per heavy atom. The molecule has 0 amide bonds. The first-order valence-electron chi connectivity index (χ1n) is 3.64. The van der Waals surface area contributed by atoms with Crippen LogP contribution in [0.5, 0.6) is 0 Å². The minimum atomic E-state index is -0.632. The van der Waals surface area contributed by atoms with Gasteiger partial charge in [-0.2, -0.15) is 5.26 Å². The van der Waals surface area contributed by atoms with E-state index in [-0.39, 0.29) is 5.69 Å². The summed E-state index contributed by atoms with van der Waals surface area (Å²) in [6.07, 6.45) is 3.11. The van der Waals surface area contributed by atoms with Crippen molar-refractivity contribution < 1.29 is 4.39 Å². The van der Waals surface area contributed by atoms with Gasteiger partial charge in [0.1, 0.15) is 19.1 Å². The van der Waals surface area contributed by atoms with E-state index in [0.29, 0.717) is 11.3 Å². The van der Waals surface area contributed by atoms with Crippen LogP contribution < -0.4 is 0 Å².